The molecule has 2 aliphatic rings. The van der Waals surface area contributed by atoms with Crippen molar-refractivity contribution in [3.63, 3.8) is 0 Å². The molecule has 134 valence electrons. The van der Waals surface area contributed by atoms with E-state index in [1.807, 2.05) is 36.0 Å². The standard InChI is InChI=1S/C19H21N5OS/c25-18-10-13-12-26-9-7-15(13)22-24(18)11-14-4-3-8-23(14)19-20-16-5-1-2-6-17(16)21-19/h1-2,5-6,10,14H,3-4,7-9,11-12H2,(H,20,21). The van der Waals surface area contributed by atoms with Gasteiger partial charge in [-0.25, -0.2) is 9.67 Å². The van der Waals surface area contributed by atoms with Gasteiger partial charge in [0, 0.05) is 24.8 Å². The van der Waals surface area contributed by atoms with Crippen LogP contribution in [-0.4, -0.2) is 38.1 Å². The monoisotopic (exact) mass is 367 g/mol. The van der Waals surface area contributed by atoms with Crippen molar-refractivity contribution in [3.05, 3.63) is 51.9 Å². The van der Waals surface area contributed by atoms with E-state index in [9.17, 15) is 4.79 Å². The Hall–Kier alpha value is -2.28. The molecule has 0 spiro atoms. The largest absolute Gasteiger partial charge is 0.338 e. The van der Waals surface area contributed by atoms with Crippen LogP contribution in [0.2, 0.25) is 0 Å². The second kappa shape index (κ2) is 6.46. The maximum Gasteiger partial charge on any atom is 0.267 e. The van der Waals surface area contributed by atoms with Gasteiger partial charge in [0.05, 0.1) is 29.3 Å². The molecular weight excluding hydrogens is 346 g/mol. The molecule has 0 saturated carbocycles. The highest BCUT2D eigenvalue weighted by Gasteiger charge is 2.28. The first-order valence-corrected chi connectivity index (χ1v) is 10.3. The Morgan fingerprint density at radius 2 is 2.23 bits per heavy atom. The van der Waals surface area contributed by atoms with Crippen molar-refractivity contribution in [1.29, 1.82) is 0 Å². The Labute approximate surface area is 155 Å². The maximum absolute atomic E-state index is 12.5. The summed E-state index contributed by atoms with van der Waals surface area (Å²) in [7, 11) is 0. The maximum atomic E-state index is 12.5. The van der Waals surface area contributed by atoms with Crippen molar-refractivity contribution in [2.24, 2.45) is 0 Å². The Bertz CT molecular complexity index is 978. The lowest BCUT2D eigenvalue weighted by Crippen LogP contribution is -2.38. The first-order valence-electron chi connectivity index (χ1n) is 9.17. The molecule has 0 bridgehead atoms. The average molecular weight is 367 g/mol. The number of aryl methyl sites for hydroxylation is 1. The summed E-state index contributed by atoms with van der Waals surface area (Å²) >= 11 is 1.88. The summed E-state index contributed by atoms with van der Waals surface area (Å²) in [5.41, 5.74) is 4.26. The van der Waals surface area contributed by atoms with E-state index in [1.54, 1.807) is 10.7 Å². The van der Waals surface area contributed by atoms with E-state index in [2.05, 4.69) is 15.0 Å². The van der Waals surface area contributed by atoms with E-state index in [-0.39, 0.29) is 11.6 Å². The molecule has 1 atom stereocenters. The lowest BCUT2D eigenvalue weighted by Gasteiger charge is -2.25. The number of H-pyrrole nitrogens is 1. The molecule has 4 heterocycles. The summed E-state index contributed by atoms with van der Waals surface area (Å²) < 4.78 is 1.67. The average Bonchev–Trinajstić information content (AvgIpc) is 3.28. The summed E-state index contributed by atoms with van der Waals surface area (Å²) in [6.07, 6.45) is 3.12. The number of hydrogen-bond donors (Lipinski definition) is 1. The second-order valence-corrected chi connectivity index (χ2v) is 8.11. The molecule has 6 nitrogen and oxygen atoms in total. The van der Waals surface area contributed by atoms with E-state index in [1.165, 1.54) is 0 Å². The Morgan fingerprint density at radius 1 is 1.31 bits per heavy atom. The van der Waals surface area contributed by atoms with Gasteiger partial charge >= 0.3 is 0 Å². The minimum atomic E-state index is 0.0164. The lowest BCUT2D eigenvalue weighted by molar-refractivity contribution is 0.478. The van der Waals surface area contributed by atoms with Crippen molar-refractivity contribution < 1.29 is 0 Å². The molecule has 26 heavy (non-hydrogen) atoms. The van der Waals surface area contributed by atoms with Crippen molar-refractivity contribution in [2.45, 2.75) is 37.6 Å². The van der Waals surface area contributed by atoms with Crippen molar-refractivity contribution in [3.8, 4) is 0 Å². The van der Waals surface area contributed by atoms with Crippen LogP contribution in [0.25, 0.3) is 11.0 Å². The van der Waals surface area contributed by atoms with Crippen LogP contribution in [0.5, 0.6) is 0 Å². The van der Waals surface area contributed by atoms with Gasteiger partial charge in [-0.2, -0.15) is 16.9 Å². The fourth-order valence-electron chi connectivity index (χ4n) is 3.96. The van der Waals surface area contributed by atoms with Crippen molar-refractivity contribution in [1.82, 2.24) is 19.7 Å². The molecule has 0 aliphatic carbocycles. The zero-order valence-electron chi connectivity index (χ0n) is 14.5. The first kappa shape index (κ1) is 15.9. The van der Waals surface area contributed by atoms with Gasteiger partial charge in [0.1, 0.15) is 0 Å². The normalized spacial score (nSPS) is 19.8. The van der Waals surface area contributed by atoms with E-state index >= 15 is 0 Å². The van der Waals surface area contributed by atoms with Gasteiger partial charge in [-0.3, -0.25) is 4.79 Å². The molecule has 1 N–H and O–H groups in total. The molecule has 3 aromatic rings. The van der Waals surface area contributed by atoms with E-state index < -0.39 is 0 Å². The summed E-state index contributed by atoms with van der Waals surface area (Å²) in [5, 5.41) is 4.68. The number of benzene rings is 1. The molecule has 2 aliphatic heterocycles. The highest BCUT2D eigenvalue weighted by Crippen LogP contribution is 2.26. The number of imidazole rings is 1. The van der Waals surface area contributed by atoms with E-state index in [0.717, 1.165) is 65.6 Å². The molecule has 0 radical (unpaired) electrons. The van der Waals surface area contributed by atoms with Crippen molar-refractivity contribution in [2.75, 3.05) is 17.2 Å². The van der Waals surface area contributed by atoms with Gasteiger partial charge < -0.3 is 9.88 Å². The van der Waals surface area contributed by atoms with Crippen LogP contribution < -0.4 is 10.5 Å². The van der Waals surface area contributed by atoms with Gasteiger partial charge in [-0.15, -0.1) is 0 Å². The topological polar surface area (TPSA) is 66.8 Å². The van der Waals surface area contributed by atoms with Crippen LogP contribution in [0.1, 0.15) is 24.1 Å². The predicted octanol–water partition coefficient (Wildman–Crippen LogP) is 2.58. The number of aromatic nitrogens is 4. The number of aromatic amines is 1. The molecule has 5 rings (SSSR count). The van der Waals surface area contributed by atoms with Crippen LogP contribution in [0.15, 0.2) is 35.1 Å². The van der Waals surface area contributed by atoms with Gasteiger partial charge in [-0.1, -0.05) is 12.1 Å². The number of hydrogen-bond acceptors (Lipinski definition) is 5. The van der Waals surface area contributed by atoms with E-state index in [0.29, 0.717) is 6.54 Å². The summed E-state index contributed by atoms with van der Waals surface area (Å²) in [6.45, 7) is 1.58. The van der Waals surface area contributed by atoms with Gasteiger partial charge in [0.15, 0.2) is 0 Å². The van der Waals surface area contributed by atoms with Gasteiger partial charge in [0.25, 0.3) is 5.56 Å². The fraction of sp³-hybridized carbons (Fsp3) is 0.421. The lowest BCUT2D eigenvalue weighted by atomic mass is 10.2. The SMILES string of the molecule is O=c1cc2c(nn1CC1CCCN1c1nc3ccccc3[nH]1)CCSC2. The summed E-state index contributed by atoms with van der Waals surface area (Å²) in [6, 6.07) is 10.1. The van der Waals surface area contributed by atoms with Crippen LogP contribution in [-0.2, 0) is 18.7 Å². The number of para-hydroxylation sites is 2. The quantitative estimate of drug-likeness (QED) is 0.771. The smallest absolute Gasteiger partial charge is 0.267 e. The van der Waals surface area contributed by atoms with Crippen LogP contribution in [0.3, 0.4) is 0 Å². The Morgan fingerprint density at radius 3 is 3.15 bits per heavy atom. The highest BCUT2D eigenvalue weighted by atomic mass is 32.2. The Kier molecular flexibility index (Phi) is 3.96. The minimum absolute atomic E-state index is 0.0164. The van der Waals surface area contributed by atoms with Crippen LogP contribution >= 0.6 is 11.8 Å². The number of anilines is 1. The number of rotatable bonds is 3. The third kappa shape index (κ3) is 2.80. The molecule has 1 unspecified atom stereocenters. The zero-order valence-corrected chi connectivity index (χ0v) is 15.3. The number of nitrogens with one attached hydrogen (secondary N) is 1. The molecule has 1 aromatic carbocycles. The third-order valence-corrected chi connectivity index (χ3v) is 6.32. The van der Waals surface area contributed by atoms with E-state index in [4.69, 9.17) is 4.98 Å². The number of nitrogens with zero attached hydrogens (tertiary/aromatic N) is 4. The summed E-state index contributed by atoms with van der Waals surface area (Å²) in [5.74, 6) is 2.90. The first-order chi connectivity index (χ1) is 12.8. The second-order valence-electron chi connectivity index (χ2n) is 7.01. The number of fused-ring (bicyclic) bond motifs is 2. The zero-order chi connectivity index (χ0) is 17.5. The third-order valence-electron chi connectivity index (χ3n) is 5.31. The van der Waals surface area contributed by atoms with Crippen molar-refractivity contribution >= 4 is 28.7 Å². The molecule has 0 amide bonds. The van der Waals surface area contributed by atoms with Gasteiger partial charge in [0.2, 0.25) is 5.95 Å². The van der Waals surface area contributed by atoms with Crippen LogP contribution in [0.4, 0.5) is 5.95 Å². The summed E-state index contributed by atoms with van der Waals surface area (Å²) in [4.78, 5) is 23.0. The highest BCUT2D eigenvalue weighted by molar-refractivity contribution is 7.98. The minimum Gasteiger partial charge on any atom is -0.338 e. The molecule has 7 heteroatoms. The Balaban J connectivity index is 1.43. The molecule has 1 saturated heterocycles. The molecule has 2 aromatic heterocycles. The fourth-order valence-corrected chi connectivity index (χ4v) is 4.91. The predicted molar refractivity (Wildman–Crippen MR) is 105 cm³/mol. The molecular formula is C19H21N5OS. The number of thioether (sulfide) groups is 1. The van der Waals surface area contributed by atoms with Crippen LogP contribution in [0, 0.1) is 0 Å². The molecule has 1 fully saturated rings. The van der Waals surface area contributed by atoms with Gasteiger partial charge in [-0.05, 0) is 36.3 Å².